The molecule has 0 saturated heterocycles. The molecular weight excluding hydrogens is 254 g/mol. The van der Waals surface area contributed by atoms with Crippen molar-refractivity contribution in [3.63, 3.8) is 0 Å². The van der Waals surface area contributed by atoms with Gasteiger partial charge in [-0.05, 0) is 61.5 Å². The van der Waals surface area contributed by atoms with Crippen LogP contribution in [0.4, 0.5) is 0 Å². The molecule has 0 saturated carbocycles. The van der Waals surface area contributed by atoms with E-state index in [1.165, 1.54) is 16.0 Å². The van der Waals surface area contributed by atoms with E-state index in [0.29, 0.717) is 6.04 Å². The van der Waals surface area contributed by atoms with E-state index in [2.05, 4.69) is 42.7 Å². The van der Waals surface area contributed by atoms with E-state index in [0.717, 1.165) is 18.7 Å². The van der Waals surface area contributed by atoms with Gasteiger partial charge in [0.15, 0.2) is 0 Å². The molecule has 0 aliphatic rings. The van der Waals surface area contributed by atoms with Gasteiger partial charge in [-0.2, -0.15) is 0 Å². The lowest BCUT2D eigenvalue weighted by Crippen LogP contribution is -2.21. The summed E-state index contributed by atoms with van der Waals surface area (Å²) < 4.78 is 5.16. The van der Waals surface area contributed by atoms with Gasteiger partial charge in [0.25, 0.3) is 0 Å². The van der Waals surface area contributed by atoms with Crippen LogP contribution in [0.5, 0.6) is 5.75 Å². The lowest BCUT2D eigenvalue weighted by molar-refractivity contribution is 0.414. The van der Waals surface area contributed by atoms with E-state index < -0.39 is 0 Å². The van der Waals surface area contributed by atoms with Gasteiger partial charge in [-0.15, -0.1) is 11.3 Å². The van der Waals surface area contributed by atoms with Gasteiger partial charge in [0.1, 0.15) is 5.75 Å². The van der Waals surface area contributed by atoms with Gasteiger partial charge in [0.05, 0.1) is 7.11 Å². The zero-order chi connectivity index (χ0) is 13.7. The van der Waals surface area contributed by atoms with Crippen molar-refractivity contribution >= 4 is 11.3 Å². The first-order valence-electron chi connectivity index (χ1n) is 6.61. The quantitative estimate of drug-likeness (QED) is 0.861. The highest BCUT2D eigenvalue weighted by atomic mass is 32.1. The van der Waals surface area contributed by atoms with Crippen molar-refractivity contribution < 1.29 is 4.74 Å². The Balaban J connectivity index is 1.81. The Morgan fingerprint density at radius 3 is 2.53 bits per heavy atom. The van der Waals surface area contributed by atoms with E-state index in [-0.39, 0.29) is 0 Å². The van der Waals surface area contributed by atoms with Crippen molar-refractivity contribution in [1.29, 1.82) is 0 Å². The monoisotopic (exact) mass is 275 g/mol. The molecule has 1 heterocycles. The van der Waals surface area contributed by atoms with Crippen molar-refractivity contribution in [3.05, 3.63) is 51.7 Å². The molecule has 0 aliphatic carbocycles. The molecule has 1 aromatic heterocycles. The van der Waals surface area contributed by atoms with Crippen molar-refractivity contribution in [2.75, 3.05) is 13.7 Å². The van der Waals surface area contributed by atoms with Crippen LogP contribution >= 0.6 is 11.3 Å². The first kappa shape index (κ1) is 14.1. The molecule has 2 nitrogen and oxygen atoms in total. The Bertz CT molecular complexity index is 504. The summed E-state index contributed by atoms with van der Waals surface area (Å²) in [6.45, 7) is 5.39. The first-order valence-corrected chi connectivity index (χ1v) is 7.49. The Hall–Kier alpha value is -1.32. The third-order valence-corrected chi connectivity index (χ3v) is 4.52. The molecule has 0 radical (unpaired) electrons. The zero-order valence-electron chi connectivity index (χ0n) is 11.8. The number of hydrogen-bond donors (Lipinski definition) is 1. The molecule has 1 atom stereocenters. The van der Waals surface area contributed by atoms with Gasteiger partial charge in [-0.25, -0.2) is 0 Å². The van der Waals surface area contributed by atoms with Crippen LogP contribution in [0.1, 0.15) is 29.0 Å². The fraction of sp³-hybridized carbons (Fsp3) is 0.375. The van der Waals surface area contributed by atoms with Crippen LogP contribution in [0.2, 0.25) is 0 Å². The number of benzene rings is 1. The molecule has 1 unspecified atom stereocenters. The third kappa shape index (κ3) is 3.82. The molecular formula is C16H21NOS. The van der Waals surface area contributed by atoms with Crippen molar-refractivity contribution in [1.82, 2.24) is 5.32 Å². The minimum Gasteiger partial charge on any atom is -0.497 e. The van der Waals surface area contributed by atoms with Crippen molar-refractivity contribution in [2.24, 2.45) is 0 Å². The fourth-order valence-electron chi connectivity index (χ4n) is 2.15. The number of thiophene rings is 1. The molecule has 2 rings (SSSR count). The van der Waals surface area contributed by atoms with Crippen LogP contribution in [0.15, 0.2) is 35.7 Å². The highest BCUT2D eigenvalue weighted by Gasteiger charge is 2.08. The Labute approximate surface area is 119 Å². The van der Waals surface area contributed by atoms with Gasteiger partial charge >= 0.3 is 0 Å². The van der Waals surface area contributed by atoms with Crippen LogP contribution in [-0.4, -0.2) is 13.7 Å². The molecule has 0 amide bonds. The summed E-state index contributed by atoms with van der Waals surface area (Å²) in [5.74, 6) is 0.916. The maximum absolute atomic E-state index is 5.16. The summed E-state index contributed by atoms with van der Waals surface area (Å²) in [6, 6.07) is 10.9. The lowest BCUT2D eigenvalue weighted by atomic mass is 10.1. The highest BCUT2D eigenvalue weighted by molar-refractivity contribution is 7.10. The van der Waals surface area contributed by atoms with Gasteiger partial charge in [-0.3, -0.25) is 0 Å². The minimum absolute atomic E-state index is 0.429. The second-order valence-electron chi connectivity index (χ2n) is 4.74. The molecule has 102 valence electrons. The Kier molecular flexibility index (Phi) is 5.00. The summed E-state index contributed by atoms with van der Waals surface area (Å²) >= 11 is 1.83. The Morgan fingerprint density at radius 2 is 1.95 bits per heavy atom. The maximum Gasteiger partial charge on any atom is 0.118 e. The van der Waals surface area contributed by atoms with E-state index in [9.17, 15) is 0 Å². The minimum atomic E-state index is 0.429. The largest absolute Gasteiger partial charge is 0.497 e. The molecule has 1 aromatic carbocycles. The number of aryl methyl sites for hydroxylation is 1. The standard InChI is InChI=1S/C16H21NOS/c1-12-9-11-19-16(12)13(2)17-10-8-14-4-6-15(18-3)7-5-14/h4-7,9,11,13,17H,8,10H2,1-3H3. The summed E-state index contributed by atoms with van der Waals surface area (Å²) in [4.78, 5) is 1.44. The average molecular weight is 275 g/mol. The van der Waals surface area contributed by atoms with E-state index in [1.54, 1.807) is 7.11 Å². The molecule has 0 spiro atoms. The number of hydrogen-bond acceptors (Lipinski definition) is 3. The van der Waals surface area contributed by atoms with Gasteiger partial charge in [0.2, 0.25) is 0 Å². The van der Waals surface area contributed by atoms with Gasteiger partial charge in [-0.1, -0.05) is 12.1 Å². The maximum atomic E-state index is 5.16. The Morgan fingerprint density at radius 1 is 1.21 bits per heavy atom. The van der Waals surface area contributed by atoms with Crippen LogP contribution in [0.3, 0.4) is 0 Å². The number of methoxy groups -OCH3 is 1. The molecule has 0 bridgehead atoms. The van der Waals surface area contributed by atoms with Gasteiger partial charge < -0.3 is 10.1 Å². The molecule has 0 fully saturated rings. The van der Waals surface area contributed by atoms with E-state index in [1.807, 2.05) is 23.5 Å². The predicted octanol–water partition coefficient (Wildman–Crippen LogP) is 3.96. The van der Waals surface area contributed by atoms with Crippen LogP contribution in [0.25, 0.3) is 0 Å². The van der Waals surface area contributed by atoms with Gasteiger partial charge in [0, 0.05) is 10.9 Å². The zero-order valence-corrected chi connectivity index (χ0v) is 12.6. The third-order valence-electron chi connectivity index (χ3n) is 3.32. The van der Waals surface area contributed by atoms with E-state index >= 15 is 0 Å². The van der Waals surface area contributed by atoms with Crippen molar-refractivity contribution in [2.45, 2.75) is 26.3 Å². The smallest absolute Gasteiger partial charge is 0.118 e. The second-order valence-corrected chi connectivity index (χ2v) is 5.69. The predicted molar refractivity (Wildman–Crippen MR) is 82.2 cm³/mol. The molecule has 19 heavy (non-hydrogen) atoms. The van der Waals surface area contributed by atoms with Crippen molar-refractivity contribution in [3.8, 4) is 5.75 Å². The summed E-state index contributed by atoms with van der Waals surface area (Å²) in [7, 11) is 1.70. The molecule has 0 aliphatic heterocycles. The SMILES string of the molecule is COc1ccc(CCNC(C)c2sccc2C)cc1. The second kappa shape index (κ2) is 6.73. The summed E-state index contributed by atoms with van der Waals surface area (Å²) in [5.41, 5.74) is 2.72. The normalized spacial score (nSPS) is 12.4. The summed E-state index contributed by atoms with van der Waals surface area (Å²) in [6.07, 6.45) is 1.04. The topological polar surface area (TPSA) is 21.3 Å². The van der Waals surface area contributed by atoms with E-state index in [4.69, 9.17) is 4.74 Å². The number of rotatable bonds is 6. The first-order chi connectivity index (χ1) is 9.20. The molecule has 3 heteroatoms. The molecule has 1 N–H and O–H groups in total. The number of nitrogens with one attached hydrogen (secondary N) is 1. The molecule has 2 aromatic rings. The lowest BCUT2D eigenvalue weighted by Gasteiger charge is -2.13. The fourth-order valence-corrected chi connectivity index (χ4v) is 3.11. The summed E-state index contributed by atoms with van der Waals surface area (Å²) in [5, 5.41) is 5.74. The van der Waals surface area contributed by atoms with Crippen LogP contribution in [0, 0.1) is 6.92 Å². The number of ether oxygens (including phenoxy) is 1. The highest BCUT2D eigenvalue weighted by Crippen LogP contribution is 2.23. The average Bonchev–Trinajstić information content (AvgIpc) is 2.86. The van der Waals surface area contributed by atoms with Crippen LogP contribution in [-0.2, 0) is 6.42 Å². The van der Waals surface area contributed by atoms with Crippen LogP contribution < -0.4 is 10.1 Å².